The van der Waals surface area contributed by atoms with Crippen LogP contribution in [0.25, 0.3) is 0 Å². The molecule has 0 radical (unpaired) electrons. The number of allylic oxidation sites excluding steroid dienone is 3. The lowest BCUT2D eigenvalue weighted by Crippen LogP contribution is -2.25. The first kappa shape index (κ1) is 23.6. The van der Waals surface area contributed by atoms with Gasteiger partial charge in [-0.15, -0.1) is 0 Å². The molecule has 0 bridgehead atoms. The van der Waals surface area contributed by atoms with Gasteiger partial charge in [0.1, 0.15) is 17.5 Å². The van der Waals surface area contributed by atoms with Crippen LogP contribution in [0.3, 0.4) is 0 Å². The minimum absolute atomic E-state index is 0.0107. The Kier molecular flexibility index (Phi) is 12.1. The third kappa shape index (κ3) is 9.58. The maximum atomic E-state index is 12.3. The summed E-state index contributed by atoms with van der Waals surface area (Å²) in [4.78, 5) is 24.1. The zero-order valence-electron chi connectivity index (χ0n) is 15.5. The standard InChI is InChI=1S/C17H29O7P/c1-6-9-10-11-15(17(19)21-5)16(18)13-12-14(4)24-25(20,22-7-2)23-8-3/h9-10,15H,4,6-8,11-13H2,1-3,5H3/b10-9-. The molecule has 0 spiro atoms. The van der Waals surface area contributed by atoms with Gasteiger partial charge in [0.15, 0.2) is 0 Å². The number of hydrogen-bond donors (Lipinski definition) is 0. The fourth-order valence-corrected chi connectivity index (χ4v) is 3.17. The Balaban J connectivity index is 4.70. The first-order chi connectivity index (χ1) is 11.8. The summed E-state index contributed by atoms with van der Waals surface area (Å²) in [6, 6.07) is 0. The molecule has 0 heterocycles. The largest absolute Gasteiger partial charge is 0.529 e. The normalized spacial score (nSPS) is 12.8. The first-order valence-corrected chi connectivity index (χ1v) is 9.81. The van der Waals surface area contributed by atoms with Gasteiger partial charge in [-0.05, 0) is 26.7 Å². The van der Waals surface area contributed by atoms with Gasteiger partial charge in [-0.25, -0.2) is 4.57 Å². The van der Waals surface area contributed by atoms with Gasteiger partial charge in [0.25, 0.3) is 0 Å². The van der Waals surface area contributed by atoms with Crippen LogP contribution >= 0.6 is 7.82 Å². The molecule has 7 nitrogen and oxygen atoms in total. The van der Waals surface area contributed by atoms with Crippen molar-refractivity contribution < 1.29 is 32.5 Å². The third-order valence-corrected chi connectivity index (χ3v) is 4.74. The molecule has 0 amide bonds. The van der Waals surface area contributed by atoms with Crippen molar-refractivity contribution in [3.63, 3.8) is 0 Å². The number of phosphoric ester groups is 1. The minimum atomic E-state index is -3.72. The number of rotatable bonds is 14. The van der Waals surface area contributed by atoms with Crippen molar-refractivity contribution in [1.82, 2.24) is 0 Å². The number of hydrogen-bond acceptors (Lipinski definition) is 7. The predicted octanol–water partition coefficient (Wildman–Crippen LogP) is 4.19. The monoisotopic (exact) mass is 376 g/mol. The number of ether oxygens (including phenoxy) is 1. The fourth-order valence-electron chi connectivity index (χ4n) is 1.95. The maximum absolute atomic E-state index is 12.3. The Hall–Kier alpha value is -1.43. The smallest absolute Gasteiger partial charge is 0.468 e. The molecule has 0 aromatic heterocycles. The minimum Gasteiger partial charge on any atom is -0.468 e. The lowest BCUT2D eigenvalue weighted by molar-refractivity contribution is -0.149. The van der Waals surface area contributed by atoms with E-state index in [1.807, 2.05) is 13.0 Å². The van der Waals surface area contributed by atoms with Crippen LogP contribution in [-0.2, 0) is 32.5 Å². The summed E-state index contributed by atoms with van der Waals surface area (Å²) in [6.45, 7) is 9.22. The van der Waals surface area contributed by atoms with E-state index in [0.717, 1.165) is 6.42 Å². The summed E-state index contributed by atoms with van der Waals surface area (Å²) >= 11 is 0. The maximum Gasteiger partial charge on any atom is 0.529 e. The SMILES string of the molecule is C=C(CCC(=O)C(C/C=C\CC)C(=O)OC)OP(=O)(OCC)OCC. The Morgan fingerprint density at radius 1 is 1.08 bits per heavy atom. The molecule has 25 heavy (non-hydrogen) atoms. The molecule has 0 aliphatic carbocycles. The zero-order valence-corrected chi connectivity index (χ0v) is 16.4. The number of ketones is 1. The number of methoxy groups -OCH3 is 1. The van der Waals surface area contributed by atoms with Crippen LogP contribution in [-0.4, -0.2) is 32.1 Å². The van der Waals surface area contributed by atoms with Crippen LogP contribution < -0.4 is 0 Å². The molecule has 0 aliphatic heterocycles. The molecular weight excluding hydrogens is 347 g/mol. The Morgan fingerprint density at radius 3 is 2.16 bits per heavy atom. The molecule has 0 saturated heterocycles. The molecule has 1 unspecified atom stereocenters. The van der Waals surface area contributed by atoms with E-state index < -0.39 is 19.7 Å². The summed E-state index contributed by atoms with van der Waals surface area (Å²) in [5, 5.41) is 0. The molecule has 1 atom stereocenters. The number of phosphoric acid groups is 1. The van der Waals surface area contributed by atoms with E-state index in [1.54, 1.807) is 19.9 Å². The van der Waals surface area contributed by atoms with Gasteiger partial charge in [-0.1, -0.05) is 25.7 Å². The summed E-state index contributed by atoms with van der Waals surface area (Å²) in [5.41, 5.74) is 0. The van der Waals surface area contributed by atoms with Crippen molar-refractivity contribution in [1.29, 1.82) is 0 Å². The van der Waals surface area contributed by atoms with Gasteiger partial charge in [-0.3, -0.25) is 18.6 Å². The van der Waals surface area contributed by atoms with Gasteiger partial charge in [0, 0.05) is 12.8 Å². The van der Waals surface area contributed by atoms with Crippen LogP contribution in [0.5, 0.6) is 0 Å². The highest BCUT2D eigenvalue weighted by Gasteiger charge is 2.29. The van der Waals surface area contributed by atoms with E-state index >= 15 is 0 Å². The number of Topliss-reactive ketones (excluding diaryl/α,β-unsaturated/α-hetero) is 1. The van der Waals surface area contributed by atoms with E-state index in [4.69, 9.17) is 13.6 Å². The average molecular weight is 376 g/mol. The highest BCUT2D eigenvalue weighted by atomic mass is 31.2. The zero-order chi connectivity index (χ0) is 19.3. The molecule has 0 aromatic carbocycles. The van der Waals surface area contributed by atoms with E-state index in [2.05, 4.69) is 11.3 Å². The van der Waals surface area contributed by atoms with Crippen molar-refractivity contribution in [3.05, 3.63) is 24.5 Å². The lowest BCUT2D eigenvalue weighted by Gasteiger charge is -2.18. The number of carbonyl (C=O) groups excluding carboxylic acids is 2. The summed E-state index contributed by atoms with van der Waals surface area (Å²) in [5.74, 6) is -1.64. The van der Waals surface area contributed by atoms with Crippen LogP contribution in [0.1, 0.15) is 46.5 Å². The van der Waals surface area contributed by atoms with Crippen molar-refractivity contribution in [2.45, 2.75) is 46.5 Å². The fraction of sp³-hybridized carbons (Fsp3) is 0.647. The van der Waals surface area contributed by atoms with Gasteiger partial charge in [-0.2, -0.15) is 0 Å². The molecular formula is C17H29O7P. The Morgan fingerprint density at radius 2 is 1.68 bits per heavy atom. The highest BCUT2D eigenvalue weighted by Crippen LogP contribution is 2.51. The molecule has 144 valence electrons. The topological polar surface area (TPSA) is 88.1 Å². The molecule has 0 N–H and O–H groups in total. The number of esters is 1. The third-order valence-electron chi connectivity index (χ3n) is 3.11. The van der Waals surface area contributed by atoms with E-state index in [1.165, 1.54) is 7.11 Å². The Labute approximate surface area is 150 Å². The Bertz CT molecular complexity index is 503. The predicted molar refractivity (Wildman–Crippen MR) is 94.9 cm³/mol. The lowest BCUT2D eigenvalue weighted by atomic mass is 9.96. The summed E-state index contributed by atoms with van der Waals surface area (Å²) in [7, 11) is -2.47. The van der Waals surface area contributed by atoms with Crippen LogP contribution in [0, 0.1) is 5.92 Å². The molecule has 0 aromatic rings. The van der Waals surface area contributed by atoms with Crippen molar-refractivity contribution in [2.24, 2.45) is 5.92 Å². The number of carbonyl (C=O) groups is 2. The quantitative estimate of drug-likeness (QED) is 0.148. The van der Waals surface area contributed by atoms with Crippen molar-refractivity contribution >= 4 is 19.6 Å². The second-order valence-corrected chi connectivity index (χ2v) is 6.66. The first-order valence-electron chi connectivity index (χ1n) is 8.35. The van der Waals surface area contributed by atoms with Crippen molar-refractivity contribution in [3.8, 4) is 0 Å². The van der Waals surface area contributed by atoms with Crippen LogP contribution in [0.4, 0.5) is 0 Å². The van der Waals surface area contributed by atoms with Crippen LogP contribution in [0.2, 0.25) is 0 Å². The molecule has 0 aliphatic rings. The van der Waals surface area contributed by atoms with Gasteiger partial charge >= 0.3 is 13.8 Å². The average Bonchev–Trinajstić information content (AvgIpc) is 2.56. The molecule has 0 saturated carbocycles. The van der Waals surface area contributed by atoms with Gasteiger partial charge in [0.05, 0.1) is 20.3 Å². The van der Waals surface area contributed by atoms with Crippen LogP contribution in [0.15, 0.2) is 24.5 Å². The highest BCUT2D eigenvalue weighted by molar-refractivity contribution is 7.48. The second kappa shape index (κ2) is 12.9. The van der Waals surface area contributed by atoms with Gasteiger partial charge in [0.2, 0.25) is 0 Å². The summed E-state index contributed by atoms with van der Waals surface area (Å²) < 4.78 is 32.1. The second-order valence-electron chi connectivity index (χ2n) is 5.07. The van der Waals surface area contributed by atoms with Gasteiger partial charge < -0.3 is 9.26 Å². The van der Waals surface area contributed by atoms with E-state index in [9.17, 15) is 14.2 Å². The van der Waals surface area contributed by atoms with E-state index in [0.29, 0.717) is 0 Å². The summed E-state index contributed by atoms with van der Waals surface area (Å²) in [6.07, 6.45) is 4.87. The molecule has 0 fully saturated rings. The molecule has 0 rings (SSSR count). The molecule has 8 heteroatoms. The van der Waals surface area contributed by atoms with Crippen molar-refractivity contribution in [2.75, 3.05) is 20.3 Å². The van der Waals surface area contributed by atoms with E-state index in [-0.39, 0.29) is 44.0 Å².